The smallest absolute Gasteiger partial charge is 0.135 e. The molecule has 15 aromatic rings. The minimum Gasteiger partial charge on any atom is -0.396 e. The van der Waals surface area contributed by atoms with Crippen LogP contribution >= 0.6 is 0 Å². The molecule has 1 aliphatic heterocycles. The Balaban J connectivity index is 0.000000117. The van der Waals surface area contributed by atoms with Gasteiger partial charge in [-0.15, -0.1) is 0 Å². The number of aliphatic hydroxyl groups is 4. The van der Waals surface area contributed by atoms with Crippen molar-refractivity contribution >= 4 is 122 Å². The Morgan fingerprint density at radius 2 is 0.814 bits per heavy atom. The summed E-state index contributed by atoms with van der Waals surface area (Å²) in [5, 5.41) is 85.5. The van der Waals surface area contributed by atoms with E-state index in [0.717, 1.165) is 133 Å². The molecule has 11 aromatic heterocycles. The Hall–Kier alpha value is -11.5. The van der Waals surface area contributed by atoms with E-state index in [2.05, 4.69) is 83.8 Å². The standard InChI is InChI=1S/C18H20N6O.C18H19N5O.2C17H18N6O/c1-2-11(10-25)8-24-9-14-17(23-24)13-4-3-12(15-5-6-20-22-15)7-16(13)21-18(14)19;1-18(2,24)10-23-9-14-16(22-23)13-4-3-11(12-5-6-20-8-12)7-15(13)21-17(14)19;2*1-2-11(24)8-23-9-13-16(22-23)12-4-3-10(14-5-6-19-21-14)7-15(12)20-17(13)18/h3-7,9,11,25H,2,8,10H2,1H3,(H2,19,21)(H,20,22);3-7,9,24H,8,10H2,1-2H3,(H2,19,21);2*3-7,9,11,24H,2,8H2,1H3,(H2,18,20)(H,19,21). The van der Waals surface area contributed by atoms with Crippen molar-refractivity contribution in [3.63, 3.8) is 0 Å². The summed E-state index contributed by atoms with van der Waals surface area (Å²) >= 11 is 0. The van der Waals surface area contributed by atoms with Gasteiger partial charge >= 0.3 is 0 Å². The van der Waals surface area contributed by atoms with Crippen molar-refractivity contribution in [1.29, 1.82) is 0 Å². The highest BCUT2D eigenvalue weighted by atomic mass is 16.3. The Morgan fingerprint density at radius 1 is 0.464 bits per heavy atom. The molecule has 27 heteroatoms. The third-order valence-electron chi connectivity index (χ3n) is 17.1. The first-order valence-corrected chi connectivity index (χ1v) is 32.0. The van der Waals surface area contributed by atoms with E-state index in [4.69, 9.17) is 28.0 Å². The first kappa shape index (κ1) is 64.2. The maximum absolute atomic E-state index is 10.0. The second-order valence-corrected chi connectivity index (χ2v) is 24.8. The zero-order valence-corrected chi connectivity index (χ0v) is 54.2. The molecule has 1 aliphatic rings. The number of nitrogens with one attached hydrogen (secondary N) is 3. The molecule has 0 bridgehead atoms. The number of nitrogen functional groups attached to an aromatic ring is 4. The number of hydrogen-bond acceptors (Lipinski definition) is 20. The number of anilines is 4. The number of pyridine rings is 4. The first-order valence-electron chi connectivity index (χ1n) is 32.0. The van der Waals surface area contributed by atoms with Crippen molar-refractivity contribution < 1.29 is 20.4 Å². The Kier molecular flexibility index (Phi) is 17.9. The topological polar surface area (TPSA) is 406 Å². The van der Waals surface area contributed by atoms with Gasteiger partial charge < -0.3 is 43.4 Å². The number of aromatic amines is 3. The zero-order valence-electron chi connectivity index (χ0n) is 54.2. The van der Waals surface area contributed by atoms with E-state index in [-0.39, 0.29) is 12.5 Å². The van der Waals surface area contributed by atoms with Gasteiger partial charge in [0, 0.05) is 107 Å². The van der Waals surface area contributed by atoms with Crippen molar-refractivity contribution in [2.24, 2.45) is 10.9 Å². The molecule has 4 aromatic carbocycles. The molecule has 494 valence electrons. The second kappa shape index (κ2) is 27.1. The van der Waals surface area contributed by atoms with Crippen LogP contribution in [0.4, 0.5) is 23.3 Å². The number of fused-ring (bicyclic) bond motifs is 12. The van der Waals surface area contributed by atoms with E-state index >= 15 is 0 Å². The summed E-state index contributed by atoms with van der Waals surface area (Å²) in [6.45, 7) is 12.2. The van der Waals surface area contributed by atoms with Crippen LogP contribution in [0.25, 0.3) is 127 Å². The molecule has 3 atom stereocenters. The van der Waals surface area contributed by atoms with E-state index in [1.807, 2.05) is 141 Å². The molecule has 3 unspecified atom stereocenters. The molecule has 0 saturated carbocycles. The molecule has 0 spiro atoms. The monoisotopic (exact) mass is 1300 g/mol. The third kappa shape index (κ3) is 13.6. The molecule has 12 heterocycles. The summed E-state index contributed by atoms with van der Waals surface area (Å²) in [7, 11) is 0. The van der Waals surface area contributed by atoms with Crippen LogP contribution in [0.15, 0.2) is 145 Å². The number of allylic oxidation sites excluding steroid dienone is 1. The van der Waals surface area contributed by atoms with Crippen molar-refractivity contribution in [3.05, 3.63) is 146 Å². The number of benzene rings is 4. The zero-order chi connectivity index (χ0) is 67.6. The molecule has 0 saturated heterocycles. The SMILES string of the molecule is CC(C)(O)Cn1cc2c(N)nc3cc(C4=CC=NC4)ccc3c2n1.CCC(CO)Cn1cc2c(N)nc3cc(-c4ccn[nH]4)ccc3c2n1.CCC(O)Cn1cc2c(N)nc3cc(-c4ccn[nH]4)ccc3c2n1.CCC(O)Cn1cc2c(N)nc3cc(-c4ccn[nH]4)ccc3c2n1. The van der Waals surface area contributed by atoms with Gasteiger partial charge in [0.05, 0.1) is 105 Å². The van der Waals surface area contributed by atoms with Crippen molar-refractivity contribution in [1.82, 2.24) is 89.6 Å². The molecule has 27 nitrogen and oxygen atoms in total. The fourth-order valence-corrected chi connectivity index (χ4v) is 11.8. The summed E-state index contributed by atoms with van der Waals surface area (Å²) in [6, 6.07) is 29.8. The van der Waals surface area contributed by atoms with E-state index in [0.29, 0.717) is 68.8 Å². The lowest BCUT2D eigenvalue weighted by atomic mass is 10.0. The van der Waals surface area contributed by atoms with Gasteiger partial charge in [0.1, 0.15) is 45.3 Å². The van der Waals surface area contributed by atoms with Gasteiger partial charge in [0.2, 0.25) is 0 Å². The van der Waals surface area contributed by atoms with E-state index < -0.39 is 17.8 Å². The van der Waals surface area contributed by atoms with Crippen molar-refractivity contribution in [2.75, 3.05) is 36.1 Å². The molecular weight excluding hydrogens is 1230 g/mol. The molecule has 15 N–H and O–H groups in total. The van der Waals surface area contributed by atoms with Gasteiger partial charge in [-0.3, -0.25) is 39.0 Å². The number of aromatic nitrogens is 18. The van der Waals surface area contributed by atoms with Crippen LogP contribution in [0.2, 0.25) is 0 Å². The summed E-state index contributed by atoms with van der Waals surface area (Å²) in [5.74, 6) is 1.98. The second-order valence-electron chi connectivity index (χ2n) is 24.8. The molecular formula is C70H75N23O4. The summed E-state index contributed by atoms with van der Waals surface area (Å²) < 4.78 is 7.05. The maximum Gasteiger partial charge on any atom is 0.135 e. The van der Waals surface area contributed by atoms with E-state index in [1.54, 1.807) is 46.5 Å². The van der Waals surface area contributed by atoms with Crippen LogP contribution in [0.1, 0.15) is 59.4 Å². The number of nitrogens with two attached hydrogens (primary N) is 4. The highest BCUT2D eigenvalue weighted by Crippen LogP contribution is 2.35. The average molecular weight is 1300 g/mol. The van der Waals surface area contributed by atoms with E-state index in [1.165, 1.54) is 5.57 Å². The first-order chi connectivity index (χ1) is 46.9. The predicted molar refractivity (Wildman–Crippen MR) is 382 cm³/mol. The van der Waals surface area contributed by atoms with Crippen molar-refractivity contribution in [3.8, 4) is 33.8 Å². The number of H-pyrrole nitrogens is 3. The van der Waals surface area contributed by atoms with Gasteiger partial charge in [-0.05, 0) is 117 Å². The largest absolute Gasteiger partial charge is 0.396 e. The summed E-state index contributed by atoms with van der Waals surface area (Å²) in [4.78, 5) is 22.3. The molecule has 0 fully saturated rings. The lowest BCUT2D eigenvalue weighted by Crippen LogP contribution is -2.26. The molecule has 0 amide bonds. The number of aliphatic imine (C=N–C) groups is 1. The maximum atomic E-state index is 10.0. The number of nitrogens with zero attached hydrogens (tertiary/aromatic N) is 16. The van der Waals surface area contributed by atoms with Gasteiger partial charge in [-0.25, -0.2) is 19.9 Å². The predicted octanol–water partition coefficient (Wildman–Crippen LogP) is 9.64. The lowest BCUT2D eigenvalue weighted by Gasteiger charge is -2.16. The molecule has 97 heavy (non-hydrogen) atoms. The normalized spacial score (nSPS) is 13.4. The van der Waals surface area contributed by atoms with Crippen LogP contribution < -0.4 is 22.9 Å². The lowest BCUT2D eigenvalue weighted by molar-refractivity contribution is 0.0580. The average Bonchev–Trinajstić information content (AvgIpc) is 1.71. The molecule has 16 rings (SSSR count). The Labute approximate surface area is 554 Å². The van der Waals surface area contributed by atoms with Crippen LogP contribution in [-0.4, -0.2) is 147 Å². The molecule has 0 aliphatic carbocycles. The van der Waals surface area contributed by atoms with Gasteiger partial charge in [0.15, 0.2) is 0 Å². The van der Waals surface area contributed by atoms with E-state index in [9.17, 15) is 20.4 Å². The highest BCUT2D eigenvalue weighted by Gasteiger charge is 2.21. The minimum absolute atomic E-state index is 0.148. The fourth-order valence-electron chi connectivity index (χ4n) is 11.8. The van der Waals surface area contributed by atoms with Gasteiger partial charge in [-0.1, -0.05) is 45.0 Å². The van der Waals surface area contributed by atoms with Crippen LogP contribution in [0, 0.1) is 5.92 Å². The highest BCUT2D eigenvalue weighted by molar-refractivity contribution is 6.11. The fraction of sp³-hybridized carbons (Fsp3) is 0.257. The van der Waals surface area contributed by atoms with Crippen LogP contribution in [0.5, 0.6) is 0 Å². The minimum atomic E-state index is -0.845. The number of aliphatic hydroxyl groups excluding tert-OH is 3. The van der Waals surface area contributed by atoms with Crippen molar-refractivity contribution in [2.45, 2.75) is 97.9 Å². The Morgan fingerprint density at radius 3 is 1.13 bits per heavy atom. The van der Waals surface area contributed by atoms with Crippen LogP contribution in [0.3, 0.4) is 0 Å². The van der Waals surface area contributed by atoms with Gasteiger partial charge in [-0.2, -0.15) is 35.7 Å². The van der Waals surface area contributed by atoms with Crippen LogP contribution in [-0.2, 0) is 26.2 Å². The Bertz CT molecular complexity index is 5200. The number of rotatable bonds is 16. The van der Waals surface area contributed by atoms with Gasteiger partial charge in [0.25, 0.3) is 0 Å². The summed E-state index contributed by atoms with van der Waals surface area (Å²) in [6.07, 6.45) is 17.8. The summed E-state index contributed by atoms with van der Waals surface area (Å²) in [5.41, 5.74) is 38.2. The molecule has 0 radical (unpaired) electrons. The third-order valence-corrected chi connectivity index (χ3v) is 17.1. The number of hydrogen-bond donors (Lipinski definition) is 11. The quantitative estimate of drug-likeness (QED) is 0.0428.